The minimum atomic E-state index is 0.663. The van der Waals surface area contributed by atoms with Crippen molar-refractivity contribution in [3.8, 4) is 5.75 Å². The summed E-state index contributed by atoms with van der Waals surface area (Å²) < 4.78 is 5.44. The Morgan fingerprint density at radius 1 is 1.19 bits per heavy atom. The molecule has 0 fully saturated rings. The maximum atomic E-state index is 5.44. The van der Waals surface area contributed by atoms with Crippen molar-refractivity contribution in [3.63, 3.8) is 0 Å². The molecule has 2 rings (SSSR count). The Labute approximate surface area is 129 Å². The Morgan fingerprint density at radius 3 is 2.48 bits per heavy atom. The van der Waals surface area contributed by atoms with E-state index in [0.717, 1.165) is 31.1 Å². The minimum Gasteiger partial charge on any atom is -0.490 e. The maximum Gasteiger partial charge on any atom is 0.204 e. The second-order valence-corrected chi connectivity index (χ2v) is 6.18. The third-order valence-corrected chi connectivity index (χ3v) is 4.35. The first-order valence-electron chi connectivity index (χ1n) is 7.08. The van der Waals surface area contributed by atoms with Crippen molar-refractivity contribution in [3.05, 3.63) is 27.7 Å². The average Bonchev–Trinajstić information content (AvgIpc) is 2.81. The second kappa shape index (κ2) is 7.26. The van der Waals surface area contributed by atoms with Gasteiger partial charge in [-0.25, -0.2) is 9.97 Å². The zero-order chi connectivity index (χ0) is 15.2. The SMILES string of the molecule is CCCNc1ncnc(NCc2cc(C)c(C)s2)c1OC. The van der Waals surface area contributed by atoms with Crippen molar-refractivity contribution < 1.29 is 4.74 Å². The van der Waals surface area contributed by atoms with Crippen LogP contribution in [-0.2, 0) is 6.54 Å². The van der Waals surface area contributed by atoms with Crippen LogP contribution in [0.5, 0.6) is 5.75 Å². The van der Waals surface area contributed by atoms with Gasteiger partial charge in [-0.3, -0.25) is 0 Å². The number of hydrogen-bond donors (Lipinski definition) is 2. The molecule has 0 radical (unpaired) electrons. The van der Waals surface area contributed by atoms with Crippen LogP contribution in [0.15, 0.2) is 12.4 Å². The van der Waals surface area contributed by atoms with Gasteiger partial charge in [0.15, 0.2) is 11.6 Å². The molecule has 0 aromatic carbocycles. The summed E-state index contributed by atoms with van der Waals surface area (Å²) in [6.07, 6.45) is 2.58. The fourth-order valence-electron chi connectivity index (χ4n) is 1.97. The largest absolute Gasteiger partial charge is 0.490 e. The normalized spacial score (nSPS) is 10.5. The molecule has 21 heavy (non-hydrogen) atoms. The molecular weight excluding hydrogens is 284 g/mol. The summed E-state index contributed by atoms with van der Waals surface area (Å²) in [6.45, 7) is 7.98. The quantitative estimate of drug-likeness (QED) is 0.818. The lowest BCUT2D eigenvalue weighted by molar-refractivity contribution is 0.414. The Morgan fingerprint density at radius 2 is 1.90 bits per heavy atom. The zero-order valence-electron chi connectivity index (χ0n) is 13.0. The van der Waals surface area contributed by atoms with E-state index >= 15 is 0 Å². The van der Waals surface area contributed by atoms with Crippen molar-refractivity contribution in [2.75, 3.05) is 24.3 Å². The zero-order valence-corrected chi connectivity index (χ0v) is 13.8. The van der Waals surface area contributed by atoms with Crippen LogP contribution in [0.3, 0.4) is 0 Å². The third kappa shape index (κ3) is 3.85. The predicted molar refractivity (Wildman–Crippen MR) is 88.5 cm³/mol. The number of aromatic nitrogens is 2. The van der Waals surface area contributed by atoms with Gasteiger partial charge in [0, 0.05) is 16.3 Å². The van der Waals surface area contributed by atoms with Crippen molar-refractivity contribution in [1.82, 2.24) is 9.97 Å². The molecule has 0 atom stereocenters. The van der Waals surface area contributed by atoms with Gasteiger partial charge < -0.3 is 15.4 Å². The van der Waals surface area contributed by atoms with Gasteiger partial charge in [0.25, 0.3) is 0 Å². The van der Waals surface area contributed by atoms with E-state index < -0.39 is 0 Å². The van der Waals surface area contributed by atoms with Crippen LogP contribution in [-0.4, -0.2) is 23.6 Å². The maximum absolute atomic E-state index is 5.44. The lowest BCUT2D eigenvalue weighted by Crippen LogP contribution is -2.08. The Bertz CT molecular complexity index is 578. The molecule has 0 spiro atoms. The molecule has 0 bridgehead atoms. The molecule has 2 heterocycles. The van der Waals surface area contributed by atoms with Crippen LogP contribution in [0.4, 0.5) is 11.6 Å². The number of thiophene rings is 1. The van der Waals surface area contributed by atoms with Crippen LogP contribution in [0.2, 0.25) is 0 Å². The minimum absolute atomic E-state index is 0.663. The first-order valence-corrected chi connectivity index (χ1v) is 7.90. The van der Waals surface area contributed by atoms with E-state index in [1.54, 1.807) is 24.8 Å². The highest BCUT2D eigenvalue weighted by Gasteiger charge is 2.12. The van der Waals surface area contributed by atoms with Crippen molar-refractivity contribution in [2.45, 2.75) is 33.7 Å². The summed E-state index contributed by atoms with van der Waals surface area (Å²) in [7, 11) is 1.64. The molecule has 5 nitrogen and oxygen atoms in total. The lowest BCUT2D eigenvalue weighted by Gasteiger charge is -2.13. The highest BCUT2D eigenvalue weighted by molar-refractivity contribution is 7.12. The topological polar surface area (TPSA) is 59.1 Å². The molecule has 0 amide bonds. The molecule has 114 valence electrons. The molecule has 0 aliphatic carbocycles. The molecule has 0 aliphatic heterocycles. The second-order valence-electron chi connectivity index (χ2n) is 4.84. The van der Waals surface area contributed by atoms with Crippen molar-refractivity contribution in [2.24, 2.45) is 0 Å². The number of ether oxygens (including phenoxy) is 1. The molecule has 2 N–H and O–H groups in total. The standard InChI is InChI=1S/C15H22N4OS/c1-5-6-16-14-13(20-4)15(19-9-18-14)17-8-12-7-10(2)11(3)21-12/h7,9H,5-6,8H2,1-4H3,(H2,16,17,18,19). The van der Waals surface area contributed by atoms with Crippen molar-refractivity contribution >= 4 is 23.0 Å². The van der Waals surface area contributed by atoms with Gasteiger partial charge in [0.05, 0.1) is 13.7 Å². The van der Waals surface area contributed by atoms with Gasteiger partial charge in [-0.15, -0.1) is 11.3 Å². The lowest BCUT2D eigenvalue weighted by atomic mass is 10.3. The van der Waals surface area contributed by atoms with E-state index in [4.69, 9.17) is 4.74 Å². The van der Waals surface area contributed by atoms with Gasteiger partial charge in [-0.1, -0.05) is 6.92 Å². The highest BCUT2D eigenvalue weighted by atomic mass is 32.1. The van der Waals surface area contributed by atoms with E-state index in [0.29, 0.717) is 5.75 Å². The van der Waals surface area contributed by atoms with Gasteiger partial charge in [-0.2, -0.15) is 0 Å². The van der Waals surface area contributed by atoms with E-state index in [-0.39, 0.29) is 0 Å². The summed E-state index contributed by atoms with van der Waals surface area (Å²) in [5.41, 5.74) is 1.33. The van der Waals surface area contributed by atoms with Crippen LogP contribution in [0.25, 0.3) is 0 Å². The van der Waals surface area contributed by atoms with E-state index in [9.17, 15) is 0 Å². The fraction of sp³-hybridized carbons (Fsp3) is 0.467. The summed E-state index contributed by atoms with van der Waals surface area (Å²) in [6, 6.07) is 2.21. The summed E-state index contributed by atoms with van der Waals surface area (Å²) >= 11 is 1.80. The van der Waals surface area contributed by atoms with Crippen molar-refractivity contribution in [1.29, 1.82) is 0 Å². The number of anilines is 2. The smallest absolute Gasteiger partial charge is 0.204 e. The van der Waals surface area contributed by atoms with Gasteiger partial charge in [0.2, 0.25) is 5.75 Å². The van der Waals surface area contributed by atoms with E-state index in [1.807, 2.05) is 0 Å². The number of methoxy groups -OCH3 is 1. The summed E-state index contributed by atoms with van der Waals surface area (Å²) in [5, 5.41) is 6.58. The molecule has 2 aromatic heterocycles. The average molecular weight is 306 g/mol. The van der Waals surface area contributed by atoms with Crippen LogP contribution < -0.4 is 15.4 Å². The van der Waals surface area contributed by atoms with Gasteiger partial charge >= 0.3 is 0 Å². The van der Waals surface area contributed by atoms with Crippen LogP contribution >= 0.6 is 11.3 Å². The van der Waals surface area contributed by atoms with Gasteiger partial charge in [0.1, 0.15) is 6.33 Å². The Hall–Kier alpha value is -1.82. The number of hydrogen-bond acceptors (Lipinski definition) is 6. The molecule has 0 saturated heterocycles. The molecule has 0 saturated carbocycles. The number of nitrogens with zero attached hydrogens (tertiary/aromatic N) is 2. The third-order valence-electron chi connectivity index (χ3n) is 3.20. The summed E-state index contributed by atoms with van der Waals surface area (Å²) in [4.78, 5) is 11.2. The number of nitrogens with one attached hydrogen (secondary N) is 2. The van der Waals surface area contributed by atoms with Gasteiger partial charge in [-0.05, 0) is 31.9 Å². The monoisotopic (exact) mass is 306 g/mol. The number of aryl methyl sites for hydroxylation is 2. The Kier molecular flexibility index (Phi) is 5.38. The van der Waals surface area contributed by atoms with Crippen LogP contribution in [0.1, 0.15) is 28.7 Å². The molecule has 0 aliphatic rings. The first kappa shape index (κ1) is 15.6. The van der Waals surface area contributed by atoms with E-state index in [2.05, 4.69) is 47.4 Å². The molecule has 0 unspecified atom stereocenters. The highest BCUT2D eigenvalue weighted by Crippen LogP contribution is 2.30. The van der Waals surface area contributed by atoms with E-state index in [1.165, 1.54) is 15.3 Å². The first-order chi connectivity index (χ1) is 10.2. The fourth-order valence-corrected chi connectivity index (χ4v) is 2.96. The number of rotatable bonds is 7. The van der Waals surface area contributed by atoms with Crippen LogP contribution in [0, 0.1) is 13.8 Å². The Balaban J connectivity index is 2.11. The predicted octanol–water partition coefficient (Wildman–Crippen LogP) is 3.60. The molecule has 2 aromatic rings. The summed E-state index contributed by atoms with van der Waals surface area (Å²) in [5.74, 6) is 2.11. The molecular formula is C15H22N4OS. The molecule has 6 heteroatoms.